The monoisotopic (exact) mass is 1160 g/mol. The first-order chi connectivity index (χ1) is 40.3. The Kier molecular flexibility index (Phi) is 21.3. The number of alkyl halides is 3. The minimum absolute atomic E-state index is 0.0834. The van der Waals surface area contributed by atoms with Gasteiger partial charge in [-0.15, -0.1) is 0 Å². The van der Waals surface area contributed by atoms with E-state index in [0.29, 0.717) is 61.1 Å². The minimum atomic E-state index is -4.29. The number of Topliss-reactive ketones (excluding diaryl/α,β-unsaturated/α-hetero) is 1. The van der Waals surface area contributed by atoms with Crippen LogP contribution < -0.4 is 0 Å². The molecule has 0 bridgehead atoms. The van der Waals surface area contributed by atoms with E-state index >= 15 is 0 Å². The summed E-state index contributed by atoms with van der Waals surface area (Å²) in [5.74, 6) is 5.07. The van der Waals surface area contributed by atoms with Crippen molar-refractivity contribution in [1.82, 2.24) is 48.5 Å². The number of likely N-dealkylation sites (N-methyl/N-ethyl adjacent to an activating group) is 1. The fourth-order valence-electron chi connectivity index (χ4n) is 9.40. The minimum Gasteiger partial charge on any atom is -0.347 e. The SMILES string of the molecule is CC(C)C1=Nc2cc(C(F)(F)F)ccc2C1.CC(C)c1nc(-c2ccccn2)no1.CC(C)c1nc2ccccc2n1CC(=O)N(C)C.CCC(=O)Cn1c(C(C)C)nc2ccccc21.Cc1ccc(-c2nc3ccc(C)cn3c2C(C)C)cc1. The van der Waals surface area contributed by atoms with E-state index < -0.39 is 11.7 Å². The van der Waals surface area contributed by atoms with Gasteiger partial charge in [0.05, 0.1) is 51.3 Å². The van der Waals surface area contributed by atoms with E-state index in [1.54, 1.807) is 25.2 Å². The smallest absolute Gasteiger partial charge is 0.347 e. The second-order valence-corrected chi connectivity index (χ2v) is 23.0. The number of hydrogen-bond acceptors (Lipinski definition) is 10. The number of pyridine rings is 2. The number of imidazole rings is 3. The molecule has 0 saturated carbocycles. The molecule has 1 aliphatic heterocycles. The Morgan fingerprint density at radius 1 is 0.647 bits per heavy atom. The number of carbonyl (C=O) groups is 2. The summed E-state index contributed by atoms with van der Waals surface area (Å²) in [7, 11) is 3.55. The second-order valence-electron chi connectivity index (χ2n) is 23.0. The van der Waals surface area contributed by atoms with E-state index in [1.165, 1.54) is 28.5 Å². The largest absolute Gasteiger partial charge is 0.416 e. The van der Waals surface area contributed by atoms with Crippen molar-refractivity contribution in [2.24, 2.45) is 10.9 Å². The molecule has 4 aromatic carbocycles. The summed E-state index contributed by atoms with van der Waals surface area (Å²) in [5, 5.41) is 3.86. The lowest BCUT2D eigenvalue weighted by Gasteiger charge is -2.14. The molecule has 0 fully saturated rings. The Morgan fingerprint density at radius 3 is 1.75 bits per heavy atom. The van der Waals surface area contributed by atoms with Gasteiger partial charge in [-0.1, -0.05) is 154 Å². The zero-order chi connectivity index (χ0) is 61.9. The summed E-state index contributed by atoms with van der Waals surface area (Å²) in [4.78, 5) is 51.8. The third-order valence-corrected chi connectivity index (χ3v) is 14.1. The van der Waals surface area contributed by atoms with Gasteiger partial charge in [0.15, 0.2) is 5.78 Å². The average molecular weight is 1160 g/mol. The number of aromatic nitrogens is 9. The molecular weight excluding hydrogens is 1080 g/mol. The molecule has 1 aliphatic rings. The van der Waals surface area contributed by atoms with Crippen molar-refractivity contribution in [3.63, 3.8) is 0 Å². The molecule has 0 unspecified atom stereocenters. The van der Waals surface area contributed by atoms with Gasteiger partial charge in [-0.2, -0.15) is 18.2 Å². The molecule has 0 radical (unpaired) electrons. The Labute approximate surface area is 497 Å². The summed E-state index contributed by atoms with van der Waals surface area (Å²) in [6, 6.07) is 38.1. The van der Waals surface area contributed by atoms with Crippen LogP contribution >= 0.6 is 0 Å². The van der Waals surface area contributed by atoms with Crippen molar-refractivity contribution in [3.8, 4) is 22.8 Å². The van der Waals surface area contributed by atoms with Gasteiger partial charge in [0.1, 0.15) is 29.5 Å². The van der Waals surface area contributed by atoms with Crippen molar-refractivity contribution in [2.75, 3.05) is 14.1 Å². The zero-order valence-electron chi connectivity index (χ0n) is 51.7. The van der Waals surface area contributed by atoms with Crippen molar-refractivity contribution in [2.45, 2.75) is 146 Å². The molecule has 0 saturated heterocycles. The Bertz CT molecular complexity index is 3880. The maximum absolute atomic E-state index is 12.5. The summed E-state index contributed by atoms with van der Waals surface area (Å²) in [6.45, 7) is 27.8. The van der Waals surface area contributed by atoms with E-state index in [9.17, 15) is 22.8 Å². The van der Waals surface area contributed by atoms with Crippen LogP contribution in [0.2, 0.25) is 0 Å². The number of fused-ring (bicyclic) bond motifs is 4. The number of para-hydroxylation sites is 4. The van der Waals surface area contributed by atoms with Gasteiger partial charge < -0.3 is 23.0 Å². The fraction of sp³-hybridized carbons (Fsp3) is 0.368. The molecule has 85 heavy (non-hydrogen) atoms. The lowest BCUT2D eigenvalue weighted by molar-refractivity contribution is -0.137. The Morgan fingerprint density at radius 2 is 1.24 bits per heavy atom. The molecular formula is C68H80F3N11O3. The van der Waals surface area contributed by atoms with Gasteiger partial charge in [0, 0.05) is 68.4 Å². The molecule has 446 valence electrons. The molecule has 0 N–H and O–H groups in total. The molecule has 10 aromatic rings. The Hall–Kier alpha value is -8.60. The number of amides is 1. The average Bonchev–Trinajstić information content (AvgIpc) is 2.13. The highest BCUT2D eigenvalue weighted by Crippen LogP contribution is 2.37. The molecule has 0 atom stereocenters. The number of carbonyl (C=O) groups excluding carboxylic acids is 2. The summed E-state index contributed by atoms with van der Waals surface area (Å²) in [6.07, 6.45) is 0.844. The first kappa shape index (κ1) is 64.0. The predicted octanol–water partition coefficient (Wildman–Crippen LogP) is 16.4. The van der Waals surface area contributed by atoms with Crippen LogP contribution in [0, 0.1) is 19.8 Å². The molecule has 17 heteroatoms. The summed E-state index contributed by atoms with van der Waals surface area (Å²) < 4.78 is 48.8. The lowest BCUT2D eigenvalue weighted by atomic mass is 10.0. The highest BCUT2D eigenvalue weighted by atomic mass is 19.4. The van der Waals surface area contributed by atoms with Crippen LogP contribution in [0.5, 0.6) is 0 Å². The number of ketones is 1. The van der Waals surface area contributed by atoms with Crippen LogP contribution in [0.3, 0.4) is 0 Å². The van der Waals surface area contributed by atoms with E-state index in [0.717, 1.165) is 74.2 Å². The predicted molar refractivity (Wildman–Crippen MR) is 335 cm³/mol. The van der Waals surface area contributed by atoms with Gasteiger partial charge in [0.2, 0.25) is 17.6 Å². The van der Waals surface area contributed by atoms with Gasteiger partial charge in [-0.25, -0.2) is 15.0 Å². The van der Waals surface area contributed by atoms with E-state index in [4.69, 9.17) is 9.51 Å². The highest BCUT2D eigenvalue weighted by Gasteiger charge is 2.32. The van der Waals surface area contributed by atoms with Gasteiger partial charge in [-0.3, -0.25) is 19.6 Å². The van der Waals surface area contributed by atoms with Crippen LogP contribution in [0.1, 0.15) is 152 Å². The molecule has 0 aliphatic carbocycles. The molecule has 1 amide bonds. The number of aryl methyl sites for hydroxylation is 2. The van der Waals surface area contributed by atoms with Crippen molar-refractivity contribution in [1.29, 1.82) is 0 Å². The standard InChI is InChI=1S/C18H20N2.C14H19N3O.C14H18N2O.C12H12F3N.C10H11N3O/c1-12(2)18-17(15-8-5-13(3)6-9-15)19-16-10-7-14(4)11-20(16)18;1-10(2)14-15-11-7-5-6-8-12(11)17(14)9-13(18)16(3)4;1-4-11(17)9-16-13-8-6-5-7-12(13)15-14(16)10(2)3;1-7(2)10-5-8-3-4-9(12(13,14)15)6-11(8)16-10;1-7(2)10-12-9(13-14-10)8-5-3-4-6-11-8/h5-12H,1-4H3;5-8,10H,9H2,1-4H3;5-8,10H,4,9H2,1-3H3;3-4,6-7H,5H2,1-2H3;3-7H,1-2H3. The lowest BCUT2D eigenvalue weighted by Crippen LogP contribution is -2.27. The maximum atomic E-state index is 12.5. The fourth-order valence-corrected chi connectivity index (χ4v) is 9.40. The van der Waals surface area contributed by atoms with Crippen LogP contribution in [-0.4, -0.2) is 80.0 Å². The number of rotatable bonds is 12. The molecule has 14 nitrogen and oxygen atoms in total. The van der Waals surface area contributed by atoms with Gasteiger partial charge in [-0.05, 0) is 91.4 Å². The highest BCUT2D eigenvalue weighted by molar-refractivity contribution is 5.95. The Balaban J connectivity index is 0.000000153. The summed E-state index contributed by atoms with van der Waals surface area (Å²) >= 11 is 0. The topological polar surface area (TPSA) is 154 Å². The summed E-state index contributed by atoms with van der Waals surface area (Å²) in [5.41, 5.74) is 13.6. The first-order valence-corrected chi connectivity index (χ1v) is 29.0. The molecule has 11 rings (SSSR count). The third-order valence-electron chi connectivity index (χ3n) is 14.1. The third kappa shape index (κ3) is 16.2. The number of hydrogen-bond donors (Lipinski definition) is 0. The van der Waals surface area contributed by atoms with Crippen molar-refractivity contribution in [3.05, 3.63) is 179 Å². The van der Waals surface area contributed by atoms with Crippen LogP contribution in [0.15, 0.2) is 143 Å². The van der Waals surface area contributed by atoms with Crippen molar-refractivity contribution < 1.29 is 27.3 Å². The quantitative estimate of drug-likeness (QED) is 0.116. The maximum Gasteiger partial charge on any atom is 0.416 e. The van der Waals surface area contributed by atoms with E-state index in [1.807, 2.05) is 110 Å². The first-order valence-electron chi connectivity index (χ1n) is 29.0. The zero-order valence-corrected chi connectivity index (χ0v) is 51.7. The number of aliphatic imine (C=N–C) groups is 1. The van der Waals surface area contributed by atoms with Gasteiger partial charge in [0.25, 0.3) is 0 Å². The van der Waals surface area contributed by atoms with Gasteiger partial charge >= 0.3 is 6.18 Å². The number of halogens is 3. The molecule has 7 heterocycles. The van der Waals surface area contributed by atoms with Crippen LogP contribution in [0.4, 0.5) is 18.9 Å². The number of benzene rings is 4. The van der Waals surface area contributed by atoms with Crippen LogP contribution in [-0.2, 0) is 35.3 Å². The second kappa shape index (κ2) is 28.3. The van der Waals surface area contributed by atoms with Crippen molar-refractivity contribution >= 4 is 50.8 Å². The van der Waals surface area contributed by atoms with Crippen LogP contribution in [0.25, 0.3) is 50.5 Å². The molecule has 6 aromatic heterocycles. The van der Waals surface area contributed by atoms with E-state index in [2.05, 4.69) is 132 Å². The normalized spacial score (nSPS) is 12.0. The van der Waals surface area contributed by atoms with E-state index in [-0.39, 0.29) is 23.5 Å². The number of nitrogens with zero attached hydrogens (tertiary/aromatic N) is 11. The molecule has 0 spiro atoms.